The number of benzene rings is 1. The molecule has 96 valence electrons. The van der Waals surface area contributed by atoms with Gasteiger partial charge in [-0.3, -0.25) is 14.9 Å². The maximum absolute atomic E-state index is 11.6. The minimum absolute atomic E-state index is 0.0697. The summed E-state index contributed by atoms with van der Waals surface area (Å²) in [5, 5.41) is 12.1. The Morgan fingerprint density at radius 3 is 2.89 bits per heavy atom. The average Bonchev–Trinajstić information content (AvgIpc) is 2.33. The summed E-state index contributed by atoms with van der Waals surface area (Å²) >= 11 is 5.92. The first-order chi connectivity index (χ1) is 8.52. The molecule has 5 nitrogen and oxygen atoms in total. The van der Waals surface area contributed by atoms with Crippen molar-refractivity contribution in [3.8, 4) is 0 Å². The molecule has 0 spiro atoms. The van der Waals surface area contributed by atoms with Crippen molar-refractivity contribution in [2.75, 3.05) is 11.4 Å². The van der Waals surface area contributed by atoms with Gasteiger partial charge < -0.3 is 10.0 Å². The molecule has 2 rings (SSSR count). The number of anilines is 1. The van der Waals surface area contributed by atoms with E-state index in [1.807, 2.05) is 0 Å². The lowest BCUT2D eigenvalue weighted by molar-refractivity contribution is -0.132. The largest absolute Gasteiger partial charge is 0.392 e. The minimum atomic E-state index is -0.480. The number of halogens is 1. The molecule has 1 heterocycles. The lowest BCUT2D eigenvalue weighted by atomic mass is 10.1. The van der Waals surface area contributed by atoms with Crippen LogP contribution in [-0.4, -0.2) is 29.5 Å². The van der Waals surface area contributed by atoms with Crippen molar-refractivity contribution in [2.45, 2.75) is 19.6 Å². The lowest BCUT2D eigenvalue weighted by Gasteiger charge is -2.34. The number of nitrogens with zero attached hydrogens (tertiary/aromatic N) is 1. The van der Waals surface area contributed by atoms with Crippen LogP contribution >= 0.6 is 11.6 Å². The number of imide groups is 1. The summed E-state index contributed by atoms with van der Waals surface area (Å²) in [7, 11) is 0. The van der Waals surface area contributed by atoms with Crippen LogP contribution in [0.3, 0.4) is 0 Å². The van der Waals surface area contributed by atoms with Crippen molar-refractivity contribution in [2.24, 2.45) is 0 Å². The first kappa shape index (κ1) is 12.9. The summed E-state index contributed by atoms with van der Waals surface area (Å²) < 4.78 is 0. The van der Waals surface area contributed by atoms with Gasteiger partial charge in [0.2, 0.25) is 11.8 Å². The number of nitrogens with one attached hydrogen (secondary N) is 1. The number of hydrogen-bond acceptors (Lipinski definition) is 4. The molecule has 1 saturated heterocycles. The molecule has 1 aromatic rings. The Balaban J connectivity index is 2.43. The number of rotatable bonds is 2. The SMILES string of the molecule is CC1C(=O)NC(=O)CN1c1cc(Cl)ccc1CO. The number of hydrogen-bond donors (Lipinski definition) is 2. The molecule has 0 aromatic heterocycles. The molecule has 1 aromatic carbocycles. The Morgan fingerprint density at radius 2 is 2.22 bits per heavy atom. The van der Waals surface area contributed by atoms with Crippen molar-refractivity contribution in [3.05, 3.63) is 28.8 Å². The molecule has 0 bridgehead atoms. The van der Waals surface area contributed by atoms with Crippen molar-refractivity contribution in [3.63, 3.8) is 0 Å². The summed E-state index contributed by atoms with van der Waals surface area (Å²) in [6, 6.07) is 4.51. The number of aliphatic hydroxyl groups excluding tert-OH is 1. The van der Waals surface area contributed by atoms with Gasteiger partial charge in [-0.15, -0.1) is 0 Å². The van der Waals surface area contributed by atoms with Gasteiger partial charge in [-0.05, 0) is 19.1 Å². The van der Waals surface area contributed by atoms with Gasteiger partial charge in [0, 0.05) is 16.3 Å². The zero-order valence-electron chi connectivity index (χ0n) is 9.81. The fraction of sp³-hybridized carbons (Fsp3) is 0.333. The Hall–Kier alpha value is -1.59. The van der Waals surface area contributed by atoms with Gasteiger partial charge in [0.05, 0.1) is 13.2 Å². The van der Waals surface area contributed by atoms with Crippen LogP contribution in [-0.2, 0) is 16.2 Å². The van der Waals surface area contributed by atoms with Gasteiger partial charge in [-0.1, -0.05) is 17.7 Å². The van der Waals surface area contributed by atoms with E-state index in [4.69, 9.17) is 11.6 Å². The molecule has 0 saturated carbocycles. The van der Waals surface area contributed by atoms with E-state index >= 15 is 0 Å². The summed E-state index contributed by atoms with van der Waals surface area (Å²) in [4.78, 5) is 24.7. The highest BCUT2D eigenvalue weighted by atomic mass is 35.5. The highest BCUT2D eigenvalue weighted by molar-refractivity contribution is 6.30. The number of aliphatic hydroxyl groups is 1. The van der Waals surface area contributed by atoms with Crippen molar-refractivity contribution >= 4 is 29.1 Å². The number of carbonyl (C=O) groups is 2. The molecule has 18 heavy (non-hydrogen) atoms. The third-order valence-corrected chi connectivity index (χ3v) is 3.19. The smallest absolute Gasteiger partial charge is 0.249 e. The first-order valence-corrected chi connectivity index (χ1v) is 5.90. The Labute approximate surface area is 109 Å². The maximum atomic E-state index is 11.6. The molecule has 1 unspecified atom stereocenters. The van der Waals surface area contributed by atoms with E-state index in [1.165, 1.54) is 0 Å². The van der Waals surface area contributed by atoms with Crippen molar-refractivity contribution < 1.29 is 14.7 Å². The van der Waals surface area contributed by atoms with E-state index in [9.17, 15) is 14.7 Å². The Kier molecular flexibility index (Phi) is 3.54. The van der Waals surface area contributed by atoms with E-state index in [0.717, 1.165) is 0 Å². The molecule has 1 aliphatic rings. The average molecular weight is 269 g/mol. The second-order valence-corrected chi connectivity index (χ2v) is 4.58. The Bertz CT molecular complexity index is 504. The summed E-state index contributed by atoms with van der Waals surface area (Å²) in [6.07, 6.45) is 0. The Morgan fingerprint density at radius 1 is 1.50 bits per heavy atom. The van der Waals surface area contributed by atoms with Gasteiger partial charge in [-0.2, -0.15) is 0 Å². The van der Waals surface area contributed by atoms with Crippen LogP contribution < -0.4 is 10.2 Å². The number of carbonyl (C=O) groups excluding carboxylic acids is 2. The first-order valence-electron chi connectivity index (χ1n) is 5.52. The molecule has 6 heteroatoms. The minimum Gasteiger partial charge on any atom is -0.392 e. The summed E-state index contributed by atoms with van der Waals surface area (Å²) in [6.45, 7) is 1.59. The molecule has 0 aliphatic carbocycles. The molecular formula is C12H13ClN2O3. The monoisotopic (exact) mass is 268 g/mol. The standard InChI is InChI=1S/C12H13ClN2O3/c1-7-12(18)14-11(17)5-15(7)10-4-9(13)3-2-8(10)6-16/h2-4,7,16H,5-6H2,1H3,(H,14,17,18). The zero-order chi connectivity index (χ0) is 13.3. The third-order valence-electron chi connectivity index (χ3n) is 2.95. The highest BCUT2D eigenvalue weighted by Crippen LogP contribution is 2.27. The lowest BCUT2D eigenvalue weighted by Crippen LogP contribution is -2.57. The topological polar surface area (TPSA) is 69.6 Å². The molecular weight excluding hydrogens is 256 g/mol. The van der Waals surface area contributed by atoms with Crippen LogP contribution in [0.1, 0.15) is 12.5 Å². The van der Waals surface area contributed by atoms with E-state index in [1.54, 1.807) is 30.0 Å². The van der Waals surface area contributed by atoms with Gasteiger partial charge >= 0.3 is 0 Å². The van der Waals surface area contributed by atoms with Gasteiger partial charge in [-0.25, -0.2) is 0 Å². The van der Waals surface area contributed by atoms with Crippen LogP contribution in [0.25, 0.3) is 0 Å². The fourth-order valence-electron chi connectivity index (χ4n) is 1.95. The van der Waals surface area contributed by atoms with Crippen molar-refractivity contribution in [1.82, 2.24) is 5.32 Å². The highest BCUT2D eigenvalue weighted by Gasteiger charge is 2.31. The molecule has 1 atom stereocenters. The fourth-order valence-corrected chi connectivity index (χ4v) is 2.11. The molecule has 0 radical (unpaired) electrons. The number of amides is 2. The molecule has 2 N–H and O–H groups in total. The van der Waals surface area contributed by atoms with Crippen LogP contribution in [0.5, 0.6) is 0 Å². The number of piperazine rings is 1. The summed E-state index contributed by atoms with van der Waals surface area (Å²) in [5.41, 5.74) is 1.24. The molecule has 1 fully saturated rings. The predicted octanol–water partition coefficient (Wildman–Crippen LogP) is 0.684. The second kappa shape index (κ2) is 4.96. The van der Waals surface area contributed by atoms with Gasteiger partial charge in [0.25, 0.3) is 0 Å². The van der Waals surface area contributed by atoms with E-state index < -0.39 is 6.04 Å². The third kappa shape index (κ3) is 2.32. The van der Waals surface area contributed by atoms with Gasteiger partial charge in [0.15, 0.2) is 0 Å². The van der Waals surface area contributed by atoms with Crippen LogP contribution in [0.4, 0.5) is 5.69 Å². The molecule has 1 aliphatic heterocycles. The van der Waals surface area contributed by atoms with Gasteiger partial charge in [0.1, 0.15) is 6.04 Å². The summed E-state index contributed by atoms with van der Waals surface area (Å²) in [5.74, 6) is -0.711. The quantitative estimate of drug-likeness (QED) is 0.774. The van der Waals surface area contributed by atoms with E-state index in [2.05, 4.69) is 5.32 Å². The van der Waals surface area contributed by atoms with Crippen LogP contribution in [0, 0.1) is 0 Å². The molecule has 2 amide bonds. The second-order valence-electron chi connectivity index (χ2n) is 4.15. The van der Waals surface area contributed by atoms with E-state index in [-0.39, 0.29) is 25.0 Å². The zero-order valence-corrected chi connectivity index (χ0v) is 10.6. The van der Waals surface area contributed by atoms with Crippen molar-refractivity contribution in [1.29, 1.82) is 0 Å². The maximum Gasteiger partial charge on any atom is 0.249 e. The predicted molar refractivity (Wildman–Crippen MR) is 67.3 cm³/mol. The normalized spacial score (nSPS) is 19.9. The van der Waals surface area contributed by atoms with Crippen LogP contribution in [0.15, 0.2) is 18.2 Å². The van der Waals surface area contributed by atoms with Crippen LogP contribution in [0.2, 0.25) is 5.02 Å². The van der Waals surface area contributed by atoms with E-state index in [0.29, 0.717) is 16.3 Å².